The second-order valence-electron chi connectivity index (χ2n) is 3.89. The molecular formula is C13H15N3O. The molecular weight excluding hydrogens is 214 g/mol. The Morgan fingerprint density at radius 2 is 2.18 bits per heavy atom. The van der Waals surface area contributed by atoms with Crippen LogP contribution in [0.3, 0.4) is 0 Å². The first kappa shape index (κ1) is 11.5. The second kappa shape index (κ2) is 4.93. The lowest BCUT2D eigenvalue weighted by atomic mass is 10.0. The molecule has 0 amide bonds. The van der Waals surface area contributed by atoms with Crippen LogP contribution in [0.1, 0.15) is 21.7 Å². The number of nitrogens with zero attached hydrogens (tertiary/aromatic N) is 2. The monoisotopic (exact) mass is 229 g/mol. The van der Waals surface area contributed by atoms with Gasteiger partial charge in [0.1, 0.15) is 0 Å². The van der Waals surface area contributed by atoms with Gasteiger partial charge in [0.15, 0.2) is 5.82 Å². The normalized spacial score (nSPS) is 10.5. The summed E-state index contributed by atoms with van der Waals surface area (Å²) in [6, 6.07) is 7.53. The van der Waals surface area contributed by atoms with E-state index in [1.54, 1.807) is 17.0 Å². The van der Waals surface area contributed by atoms with E-state index in [1.165, 1.54) is 0 Å². The molecule has 0 spiro atoms. The average Bonchev–Trinajstić information content (AvgIpc) is 2.76. The molecule has 1 heterocycles. The van der Waals surface area contributed by atoms with Gasteiger partial charge in [-0.15, -0.1) is 0 Å². The summed E-state index contributed by atoms with van der Waals surface area (Å²) in [4.78, 5) is 16.4. The maximum Gasteiger partial charge on any atom is 0.228 e. The molecule has 17 heavy (non-hydrogen) atoms. The Labute approximate surface area is 100 Å². The van der Waals surface area contributed by atoms with Gasteiger partial charge in [-0.3, -0.25) is 4.79 Å². The highest BCUT2D eigenvalue weighted by molar-refractivity contribution is 6.07. The van der Waals surface area contributed by atoms with Gasteiger partial charge < -0.3 is 10.3 Å². The van der Waals surface area contributed by atoms with Crippen molar-refractivity contribution in [3.05, 3.63) is 53.6 Å². The smallest absolute Gasteiger partial charge is 0.228 e. The summed E-state index contributed by atoms with van der Waals surface area (Å²) in [5.74, 6) is 0.399. The summed E-state index contributed by atoms with van der Waals surface area (Å²) in [5, 5.41) is 0. The molecule has 2 N–H and O–H groups in total. The van der Waals surface area contributed by atoms with Crippen molar-refractivity contribution in [3.63, 3.8) is 0 Å². The predicted molar refractivity (Wildman–Crippen MR) is 65.8 cm³/mol. The van der Waals surface area contributed by atoms with E-state index in [9.17, 15) is 4.79 Å². The van der Waals surface area contributed by atoms with Crippen LogP contribution in [0.25, 0.3) is 0 Å². The van der Waals surface area contributed by atoms with Crippen LogP contribution < -0.4 is 5.73 Å². The molecule has 0 aliphatic heterocycles. The molecule has 0 aliphatic carbocycles. The first-order chi connectivity index (χ1) is 8.24. The van der Waals surface area contributed by atoms with E-state index in [2.05, 4.69) is 4.98 Å². The summed E-state index contributed by atoms with van der Waals surface area (Å²) >= 11 is 0. The van der Waals surface area contributed by atoms with Gasteiger partial charge in [-0.1, -0.05) is 24.3 Å². The van der Waals surface area contributed by atoms with Crippen molar-refractivity contribution >= 4 is 5.78 Å². The Kier molecular flexibility index (Phi) is 3.35. The number of hydrogen-bond acceptors (Lipinski definition) is 3. The minimum Gasteiger partial charge on any atom is -0.331 e. The molecule has 0 fully saturated rings. The lowest BCUT2D eigenvalue weighted by Gasteiger charge is -2.07. The molecule has 0 atom stereocenters. The van der Waals surface area contributed by atoms with Crippen molar-refractivity contribution in [1.82, 2.24) is 9.55 Å². The summed E-state index contributed by atoms with van der Waals surface area (Å²) in [6.45, 7) is 0.533. The summed E-state index contributed by atoms with van der Waals surface area (Å²) in [6.07, 6.45) is 4.09. The molecule has 0 saturated carbocycles. The molecule has 88 valence electrons. The number of benzene rings is 1. The Morgan fingerprint density at radius 1 is 1.41 bits per heavy atom. The van der Waals surface area contributed by atoms with Gasteiger partial charge in [-0.25, -0.2) is 4.98 Å². The van der Waals surface area contributed by atoms with Crippen molar-refractivity contribution in [2.45, 2.75) is 6.42 Å². The molecule has 0 radical (unpaired) electrons. The van der Waals surface area contributed by atoms with E-state index in [4.69, 9.17) is 5.73 Å². The van der Waals surface area contributed by atoms with Crippen molar-refractivity contribution in [2.75, 3.05) is 6.54 Å². The van der Waals surface area contributed by atoms with Gasteiger partial charge >= 0.3 is 0 Å². The van der Waals surface area contributed by atoms with E-state index < -0.39 is 0 Å². The number of ketones is 1. The Balaban J connectivity index is 2.40. The van der Waals surface area contributed by atoms with Gasteiger partial charge in [0, 0.05) is 25.0 Å². The third-order valence-electron chi connectivity index (χ3n) is 2.70. The third-order valence-corrected chi connectivity index (χ3v) is 2.70. The van der Waals surface area contributed by atoms with Gasteiger partial charge in [0.25, 0.3) is 0 Å². The Morgan fingerprint density at radius 3 is 2.82 bits per heavy atom. The highest BCUT2D eigenvalue weighted by Gasteiger charge is 2.16. The first-order valence-electron chi connectivity index (χ1n) is 5.54. The lowest BCUT2D eigenvalue weighted by molar-refractivity contribution is 0.102. The minimum atomic E-state index is -0.0541. The summed E-state index contributed by atoms with van der Waals surface area (Å²) in [5.41, 5.74) is 7.21. The number of rotatable bonds is 4. The summed E-state index contributed by atoms with van der Waals surface area (Å²) in [7, 11) is 1.81. The van der Waals surface area contributed by atoms with Crippen molar-refractivity contribution in [1.29, 1.82) is 0 Å². The van der Waals surface area contributed by atoms with Crippen LogP contribution in [0.5, 0.6) is 0 Å². The maximum atomic E-state index is 12.3. The first-order valence-corrected chi connectivity index (χ1v) is 5.54. The fraction of sp³-hybridized carbons (Fsp3) is 0.231. The number of aromatic nitrogens is 2. The number of imidazole rings is 1. The van der Waals surface area contributed by atoms with Crippen molar-refractivity contribution in [3.8, 4) is 0 Å². The molecule has 4 nitrogen and oxygen atoms in total. The zero-order valence-corrected chi connectivity index (χ0v) is 9.76. The van der Waals surface area contributed by atoms with Crippen LogP contribution >= 0.6 is 0 Å². The molecule has 1 aromatic carbocycles. The fourth-order valence-electron chi connectivity index (χ4n) is 1.82. The number of nitrogens with two attached hydrogens (primary N) is 1. The molecule has 1 aromatic heterocycles. The van der Waals surface area contributed by atoms with E-state index in [-0.39, 0.29) is 5.78 Å². The zero-order valence-electron chi connectivity index (χ0n) is 9.76. The third kappa shape index (κ3) is 2.26. The molecule has 2 aromatic rings. The van der Waals surface area contributed by atoms with E-state index >= 15 is 0 Å². The number of carbonyl (C=O) groups excluding carboxylic acids is 1. The van der Waals surface area contributed by atoms with Crippen LogP contribution in [0.15, 0.2) is 36.7 Å². The fourth-order valence-corrected chi connectivity index (χ4v) is 1.82. The maximum absolute atomic E-state index is 12.3. The summed E-state index contributed by atoms with van der Waals surface area (Å²) < 4.78 is 1.72. The molecule has 4 heteroatoms. The van der Waals surface area contributed by atoms with Crippen LogP contribution in [-0.4, -0.2) is 21.9 Å². The molecule has 0 unspecified atom stereocenters. The van der Waals surface area contributed by atoms with E-state index in [1.807, 2.05) is 31.3 Å². The van der Waals surface area contributed by atoms with Crippen LogP contribution in [0, 0.1) is 0 Å². The van der Waals surface area contributed by atoms with Crippen molar-refractivity contribution in [2.24, 2.45) is 12.8 Å². The number of aryl methyl sites for hydroxylation is 1. The second-order valence-corrected chi connectivity index (χ2v) is 3.89. The van der Waals surface area contributed by atoms with E-state index in [0.29, 0.717) is 24.4 Å². The van der Waals surface area contributed by atoms with Gasteiger partial charge in [0.2, 0.25) is 5.78 Å². The average molecular weight is 229 g/mol. The lowest BCUT2D eigenvalue weighted by Crippen LogP contribution is -2.13. The SMILES string of the molecule is Cn1ccnc1C(=O)c1ccccc1CCN. The van der Waals surface area contributed by atoms with Crippen LogP contribution in [-0.2, 0) is 13.5 Å². The highest BCUT2D eigenvalue weighted by Crippen LogP contribution is 2.13. The number of hydrogen-bond donors (Lipinski definition) is 1. The number of carbonyl (C=O) groups is 1. The van der Waals surface area contributed by atoms with Crippen molar-refractivity contribution < 1.29 is 4.79 Å². The minimum absolute atomic E-state index is 0.0541. The Hall–Kier alpha value is -1.94. The quantitative estimate of drug-likeness (QED) is 0.800. The van der Waals surface area contributed by atoms with Crippen LogP contribution in [0.2, 0.25) is 0 Å². The largest absolute Gasteiger partial charge is 0.331 e. The molecule has 0 aliphatic rings. The zero-order chi connectivity index (χ0) is 12.3. The molecule has 2 rings (SSSR count). The van der Waals surface area contributed by atoms with Gasteiger partial charge in [-0.05, 0) is 18.5 Å². The predicted octanol–water partition coefficient (Wildman–Crippen LogP) is 1.15. The topological polar surface area (TPSA) is 60.9 Å². The molecule has 0 bridgehead atoms. The molecule has 0 saturated heterocycles. The van der Waals surface area contributed by atoms with Crippen LogP contribution in [0.4, 0.5) is 0 Å². The van der Waals surface area contributed by atoms with Gasteiger partial charge in [0.05, 0.1) is 0 Å². The Bertz CT molecular complexity index is 531. The highest BCUT2D eigenvalue weighted by atomic mass is 16.1. The van der Waals surface area contributed by atoms with E-state index in [0.717, 1.165) is 5.56 Å². The standard InChI is InChI=1S/C13H15N3O/c1-16-9-8-15-13(16)12(17)11-5-3-2-4-10(11)6-7-14/h2-5,8-9H,6-7,14H2,1H3. The van der Waals surface area contributed by atoms with Gasteiger partial charge in [-0.2, -0.15) is 0 Å².